The van der Waals surface area contributed by atoms with Gasteiger partial charge in [0.2, 0.25) is 0 Å². The lowest BCUT2D eigenvalue weighted by Crippen LogP contribution is -2.22. The molecular formula is C27H32ClN3O4. The van der Waals surface area contributed by atoms with Crippen molar-refractivity contribution in [3.8, 4) is 17.2 Å². The van der Waals surface area contributed by atoms with Gasteiger partial charge in [0, 0.05) is 12.1 Å². The quantitative estimate of drug-likeness (QED) is 0.150. The Morgan fingerprint density at radius 3 is 2.31 bits per heavy atom. The summed E-state index contributed by atoms with van der Waals surface area (Å²) in [6.07, 6.45) is 4.37. The molecule has 0 bridgehead atoms. The standard InChI is InChI=1S/C27H31N3O4.ClH/c1-32-26-18-23(27(31)29-19-21-8-4-2-5-9-21)12-15-25(26)34-17-7-3-6-16-33-24-13-10-22(11-14-24)20-30-28;/h2,4-5,8-15,18,20H,3,6-7,16-17,19,28H2,1H3,(H,29,31);1H. The summed E-state index contributed by atoms with van der Waals surface area (Å²) in [6.45, 7) is 1.67. The van der Waals surface area contributed by atoms with Gasteiger partial charge in [0.05, 0.1) is 26.5 Å². The molecule has 35 heavy (non-hydrogen) atoms. The number of halogens is 1. The lowest BCUT2D eigenvalue weighted by molar-refractivity contribution is 0.0950. The summed E-state index contributed by atoms with van der Waals surface area (Å²) in [4.78, 5) is 12.5. The minimum absolute atomic E-state index is 0. The van der Waals surface area contributed by atoms with E-state index in [9.17, 15) is 4.79 Å². The van der Waals surface area contributed by atoms with E-state index in [4.69, 9.17) is 20.1 Å². The predicted molar refractivity (Wildman–Crippen MR) is 141 cm³/mol. The number of carbonyl (C=O) groups is 1. The van der Waals surface area contributed by atoms with Gasteiger partial charge in [-0.1, -0.05) is 30.3 Å². The van der Waals surface area contributed by atoms with Gasteiger partial charge in [0.25, 0.3) is 5.91 Å². The van der Waals surface area contributed by atoms with Gasteiger partial charge in [0.15, 0.2) is 11.5 Å². The van der Waals surface area contributed by atoms with Crippen molar-refractivity contribution in [2.75, 3.05) is 20.3 Å². The molecule has 0 heterocycles. The molecule has 0 aromatic heterocycles. The first-order chi connectivity index (χ1) is 16.7. The summed E-state index contributed by atoms with van der Waals surface area (Å²) < 4.78 is 17.0. The zero-order chi connectivity index (χ0) is 24.0. The maximum atomic E-state index is 12.5. The fourth-order valence-electron chi connectivity index (χ4n) is 3.30. The number of methoxy groups -OCH3 is 1. The van der Waals surface area contributed by atoms with Gasteiger partial charge in [-0.3, -0.25) is 4.79 Å². The Kier molecular flexibility index (Phi) is 12.0. The van der Waals surface area contributed by atoms with Gasteiger partial charge >= 0.3 is 0 Å². The number of hydrazone groups is 1. The Morgan fingerprint density at radius 2 is 1.63 bits per heavy atom. The lowest BCUT2D eigenvalue weighted by atomic mass is 10.1. The largest absolute Gasteiger partial charge is 0.494 e. The van der Waals surface area contributed by atoms with E-state index >= 15 is 0 Å². The first kappa shape index (κ1) is 27.5. The number of rotatable bonds is 13. The van der Waals surface area contributed by atoms with E-state index in [1.165, 1.54) is 0 Å². The van der Waals surface area contributed by atoms with Crippen LogP contribution in [0.4, 0.5) is 0 Å². The SMILES string of the molecule is COc1cc(C(=O)NCc2ccccc2)ccc1OCCCCCOc1ccc(C=NN)cc1.Cl. The molecule has 0 aliphatic heterocycles. The van der Waals surface area contributed by atoms with E-state index in [0.29, 0.717) is 36.8 Å². The van der Waals surface area contributed by atoms with Gasteiger partial charge in [-0.05, 0) is 72.9 Å². The third-order valence-electron chi connectivity index (χ3n) is 5.14. The predicted octanol–water partition coefficient (Wildman–Crippen LogP) is 4.97. The van der Waals surface area contributed by atoms with Gasteiger partial charge in [-0.25, -0.2) is 0 Å². The van der Waals surface area contributed by atoms with E-state index in [1.54, 1.807) is 31.5 Å². The van der Waals surface area contributed by atoms with Gasteiger partial charge in [0.1, 0.15) is 5.75 Å². The lowest BCUT2D eigenvalue weighted by Gasteiger charge is -2.12. The maximum absolute atomic E-state index is 12.5. The van der Waals surface area contributed by atoms with E-state index in [-0.39, 0.29) is 18.3 Å². The molecule has 0 spiro atoms. The van der Waals surface area contributed by atoms with Crippen LogP contribution in [-0.2, 0) is 6.54 Å². The van der Waals surface area contributed by atoms with E-state index in [0.717, 1.165) is 36.1 Å². The second-order valence-corrected chi connectivity index (χ2v) is 7.64. The molecule has 8 heteroatoms. The van der Waals surface area contributed by atoms with Crippen molar-refractivity contribution in [3.05, 3.63) is 89.5 Å². The minimum atomic E-state index is -0.157. The van der Waals surface area contributed by atoms with Crippen LogP contribution in [0, 0.1) is 0 Å². The van der Waals surface area contributed by atoms with Crippen molar-refractivity contribution in [1.29, 1.82) is 0 Å². The number of amides is 1. The average molecular weight is 498 g/mol. The van der Waals surface area contributed by atoms with Gasteiger partial charge in [-0.15, -0.1) is 12.4 Å². The summed E-state index contributed by atoms with van der Waals surface area (Å²) in [7, 11) is 1.57. The van der Waals surface area contributed by atoms with E-state index < -0.39 is 0 Å². The van der Waals surface area contributed by atoms with Gasteiger partial charge < -0.3 is 25.4 Å². The number of nitrogens with one attached hydrogen (secondary N) is 1. The van der Waals surface area contributed by atoms with Crippen LogP contribution in [0.5, 0.6) is 17.2 Å². The third kappa shape index (κ3) is 9.22. The zero-order valence-electron chi connectivity index (χ0n) is 19.8. The third-order valence-corrected chi connectivity index (χ3v) is 5.14. The number of nitrogens with zero attached hydrogens (tertiary/aromatic N) is 1. The molecule has 0 fully saturated rings. The van der Waals surface area contributed by atoms with Crippen LogP contribution in [-0.4, -0.2) is 32.4 Å². The Labute approximate surface area is 212 Å². The minimum Gasteiger partial charge on any atom is -0.494 e. The Hall–Kier alpha value is -3.71. The molecule has 3 N–H and O–H groups in total. The molecular weight excluding hydrogens is 466 g/mol. The normalized spacial score (nSPS) is 10.4. The molecule has 3 aromatic carbocycles. The van der Waals surface area contributed by atoms with Crippen LogP contribution in [0.25, 0.3) is 0 Å². The zero-order valence-corrected chi connectivity index (χ0v) is 20.6. The molecule has 0 aliphatic carbocycles. The Balaban J connectivity index is 0.00000432. The van der Waals surface area contributed by atoms with Crippen LogP contribution in [0.1, 0.15) is 40.7 Å². The number of carbonyl (C=O) groups excluding carboxylic acids is 1. The highest BCUT2D eigenvalue weighted by atomic mass is 35.5. The molecule has 0 aliphatic rings. The summed E-state index contributed by atoms with van der Waals surface area (Å²) in [5, 5.41) is 6.42. The fraction of sp³-hybridized carbons (Fsp3) is 0.259. The van der Waals surface area contributed by atoms with Crippen molar-refractivity contribution >= 4 is 24.5 Å². The van der Waals surface area contributed by atoms with Crippen molar-refractivity contribution in [2.45, 2.75) is 25.8 Å². The molecule has 0 unspecified atom stereocenters. The first-order valence-electron chi connectivity index (χ1n) is 11.3. The number of hydrogen-bond donors (Lipinski definition) is 2. The highest BCUT2D eigenvalue weighted by Gasteiger charge is 2.11. The molecule has 3 rings (SSSR count). The number of unbranched alkanes of at least 4 members (excludes halogenated alkanes) is 2. The number of nitrogens with two attached hydrogens (primary N) is 1. The second-order valence-electron chi connectivity index (χ2n) is 7.64. The van der Waals surface area contributed by atoms with E-state index in [1.807, 2.05) is 54.6 Å². The van der Waals surface area contributed by atoms with Crippen LogP contribution < -0.4 is 25.4 Å². The topological polar surface area (TPSA) is 95.2 Å². The Bertz CT molecular complexity index is 1060. The van der Waals surface area contributed by atoms with Crippen molar-refractivity contribution in [2.24, 2.45) is 10.9 Å². The molecule has 186 valence electrons. The Morgan fingerprint density at radius 1 is 0.914 bits per heavy atom. The molecule has 3 aromatic rings. The van der Waals surface area contributed by atoms with Crippen LogP contribution >= 0.6 is 12.4 Å². The summed E-state index contributed by atoms with van der Waals surface area (Å²) in [6, 6.07) is 22.6. The number of benzene rings is 3. The first-order valence-corrected chi connectivity index (χ1v) is 11.3. The molecule has 7 nitrogen and oxygen atoms in total. The van der Waals surface area contributed by atoms with Crippen molar-refractivity contribution in [1.82, 2.24) is 5.32 Å². The molecule has 1 amide bonds. The van der Waals surface area contributed by atoms with Gasteiger partial charge in [-0.2, -0.15) is 5.10 Å². The highest BCUT2D eigenvalue weighted by Crippen LogP contribution is 2.28. The molecule has 0 radical (unpaired) electrons. The molecule has 0 atom stereocenters. The molecule has 0 saturated heterocycles. The van der Waals surface area contributed by atoms with Crippen molar-refractivity contribution in [3.63, 3.8) is 0 Å². The summed E-state index contributed by atoms with van der Waals surface area (Å²) in [5.74, 6) is 6.97. The van der Waals surface area contributed by atoms with Crippen LogP contribution in [0.2, 0.25) is 0 Å². The fourth-order valence-corrected chi connectivity index (χ4v) is 3.30. The van der Waals surface area contributed by atoms with Crippen LogP contribution in [0.15, 0.2) is 77.9 Å². The number of hydrogen-bond acceptors (Lipinski definition) is 6. The van der Waals surface area contributed by atoms with E-state index in [2.05, 4.69) is 10.4 Å². The second kappa shape index (κ2) is 15.2. The summed E-state index contributed by atoms with van der Waals surface area (Å²) in [5.41, 5.74) is 2.51. The monoisotopic (exact) mass is 497 g/mol. The van der Waals surface area contributed by atoms with Crippen molar-refractivity contribution < 1.29 is 19.0 Å². The van der Waals surface area contributed by atoms with Crippen LogP contribution in [0.3, 0.4) is 0 Å². The number of ether oxygens (including phenoxy) is 3. The maximum Gasteiger partial charge on any atom is 0.251 e. The summed E-state index contributed by atoms with van der Waals surface area (Å²) >= 11 is 0. The average Bonchev–Trinajstić information content (AvgIpc) is 2.88. The molecule has 0 saturated carbocycles. The smallest absolute Gasteiger partial charge is 0.251 e. The highest BCUT2D eigenvalue weighted by molar-refractivity contribution is 5.94.